The molecule has 46 heavy (non-hydrogen) atoms. The molecule has 3 aliphatic rings. The molecule has 0 saturated carbocycles. The molecule has 7 heterocycles. The minimum absolute atomic E-state index is 0.0618. The van der Waals surface area contributed by atoms with E-state index >= 15 is 4.39 Å². The lowest BCUT2D eigenvalue weighted by atomic mass is 10.1. The summed E-state index contributed by atoms with van der Waals surface area (Å²) in [6, 6.07) is 0. The Balaban J connectivity index is 1.19. The maximum atomic E-state index is 16.1. The summed E-state index contributed by atoms with van der Waals surface area (Å²) in [4.78, 5) is 35.5. The number of fused-ring (bicyclic) bond motifs is 4. The van der Waals surface area contributed by atoms with Crippen molar-refractivity contribution in [3.05, 3.63) is 25.3 Å². The van der Waals surface area contributed by atoms with Crippen molar-refractivity contribution in [2.24, 2.45) is 0 Å². The van der Waals surface area contributed by atoms with Gasteiger partial charge < -0.3 is 40.2 Å². The summed E-state index contributed by atoms with van der Waals surface area (Å²) in [5.74, 6) is 0.159. The van der Waals surface area contributed by atoms with E-state index in [1.807, 2.05) is 0 Å². The second-order valence-corrected chi connectivity index (χ2v) is 15.8. The standard InChI is InChI=1S/C21H25FN10O10P2S2/c22-10-13-8(39-20(10)31-5-29-11-16(23)25-3-27-18(11)31)1-37-44(35,46)42-14-9(2-38-43(34,45)41-13)40-21(15(14)36-7-33)32-6-30-12-17(24)26-4-28-19(12)32/h3-6,8-10,13-15,20-21,33H,1-2,7H2,(H,34,45)(H,35,46)(H2,23,25,27)(H2,24,26,28)/t8-,9?,10-,13-,14-,15-,20-,21-,43?,44?/m1/s1. The third kappa shape index (κ3) is 5.78. The summed E-state index contributed by atoms with van der Waals surface area (Å²) in [6.45, 7) is -10.5. The molecule has 3 aliphatic heterocycles. The largest absolute Gasteiger partial charge is 0.386 e. The van der Waals surface area contributed by atoms with Gasteiger partial charge in [-0.1, -0.05) is 12.2 Å². The minimum Gasteiger partial charge on any atom is -0.382 e. The van der Waals surface area contributed by atoms with Gasteiger partial charge in [0.15, 0.2) is 41.6 Å². The van der Waals surface area contributed by atoms with Crippen molar-refractivity contribution in [2.45, 2.75) is 49.1 Å². The topological polar surface area (TPSA) is 261 Å². The van der Waals surface area contributed by atoms with Crippen LogP contribution in [-0.4, -0.2) is 106 Å². The number of nitrogen functional groups attached to an aromatic ring is 2. The van der Waals surface area contributed by atoms with E-state index in [0.29, 0.717) is 0 Å². The Bertz CT molecular complexity index is 1870. The van der Waals surface area contributed by atoms with Crippen molar-refractivity contribution >= 4 is 71.5 Å². The number of anilines is 2. The molecule has 3 saturated heterocycles. The molecule has 248 valence electrons. The number of rotatable bonds is 4. The highest BCUT2D eigenvalue weighted by molar-refractivity contribution is 8.44. The van der Waals surface area contributed by atoms with Gasteiger partial charge in [-0.2, -0.15) is 0 Å². The lowest BCUT2D eigenvalue weighted by Gasteiger charge is -2.30. The SMILES string of the molecule is Nc1ncnc2c1ncn2[C@@H]1O[C@@H]2COP(O)(=S)O[C@@H]3C(COP(=O)(S)O[C@H]2[C@H]1F)O[C@@H](n1cnc2c(N)ncnc21)[C@@H]3OCO. The first kappa shape index (κ1) is 32.1. The molecule has 0 amide bonds. The predicted molar refractivity (Wildman–Crippen MR) is 159 cm³/mol. The third-order valence-corrected chi connectivity index (χ3v) is 10.6. The summed E-state index contributed by atoms with van der Waals surface area (Å²) < 4.78 is 72.4. The van der Waals surface area contributed by atoms with Gasteiger partial charge in [0, 0.05) is 0 Å². The number of hydrogen-bond donors (Lipinski definition) is 5. The molecule has 0 bridgehead atoms. The fraction of sp³-hybridized carbons (Fsp3) is 0.524. The van der Waals surface area contributed by atoms with Crippen molar-refractivity contribution in [1.29, 1.82) is 0 Å². The molecule has 0 aromatic carbocycles. The van der Waals surface area contributed by atoms with Gasteiger partial charge in [0.25, 0.3) is 0 Å². The first-order valence-corrected chi connectivity index (χ1v) is 18.6. The zero-order chi connectivity index (χ0) is 32.4. The molecule has 20 nitrogen and oxygen atoms in total. The summed E-state index contributed by atoms with van der Waals surface area (Å²) in [5, 5.41) is 9.73. The number of halogens is 1. The molecule has 25 heteroatoms. The number of aliphatic hydroxyl groups excluding tert-OH is 1. The number of imidazole rings is 2. The zero-order valence-electron chi connectivity index (χ0n) is 23.1. The van der Waals surface area contributed by atoms with Gasteiger partial charge in [-0.25, -0.2) is 38.9 Å². The van der Waals surface area contributed by atoms with Crippen LogP contribution in [-0.2, 0) is 48.7 Å². The second kappa shape index (κ2) is 12.2. The van der Waals surface area contributed by atoms with E-state index in [4.69, 9.17) is 55.6 Å². The van der Waals surface area contributed by atoms with Crippen LogP contribution in [0.4, 0.5) is 16.0 Å². The average Bonchev–Trinajstić information content (AvgIpc) is 3.77. The highest BCUT2D eigenvalue weighted by atomic mass is 32.7. The Morgan fingerprint density at radius 1 is 0.935 bits per heavy atom. The molecule has 6 N–H and O–H groups in total. The number of aliphatic hydroxyl groups is 1. The molecule has 7 rings (SSSR count). The predicted octanol–water partition coefficient (Wildman–Crippen LogP) is 0.370. The van der Waals surface area contributed by atoms with Crippen molar-refractivity contribution in [1.82, 2.24) is 39.0 Å². The van der Waals surface area contributed by atoms with Crippen LogP contribution in [0, 0.1) is 0 Å². The van der Waals surface area contributed by atoms with Crippen LogP contribution in [0.15, 0.2) is 25.3 Å². The van der Waals surface area contributed by atoms with Gasteiger partial charge in [0.1, 0.15) is 61.0 Å². The van der Waals surface area contributed by atoms with E-state index in [1.165, 1.54) is 34.4 Å². The van der Waals surface area contributed by atoms with Crippen LogP contribution in [0.1, 0.15) is 12.5 Å². The first-order valence-electron chi connectivity index (χ1n) is 13.3. The van der Waals surface area contributed by atoms with Crippen molar-refractivity contribution in [2.75, 3.05) is 31.5 Å². The minimum atomic E-state index is -4.36. The summed E-state index contributed by atoms with van der Waals surface area (Å²) in [7, 11) is 0. The molecule has 4 aromatic heterocycles. The second-order valence-electron chi connectivity index (χ2n) is 10.2. The number of thiol groups is 1. The van der Waals surface area contributed by atoms with Gasteiger partial charge >= 0.3 is 13.5 Å². The summed E-state index contributed by atoms with van der Waals surface area (Å²) in [6.07, 6.45) is -6.12. The Morgan fingerprint density at radius 3 is 2.13 bits per heavy atom. The van der Waals surface area contributed by atoms with E-state index in [9.17, 15) is 14.6 Å². The number of aromatic nitrogens is 8. The lowest BCUT2D eigenvalue weighted by molar-refractivity contribution is -0.115. The summed E-state index contributed by atoms with van der Waals surface area (Å²) >= 11 is 9.35. The molecular formula is C21H25FN10O10P2S2. The number of alkyl halides is 1. The average molecular weight is 723 g/mol. The van der Waals surface area contributed by atoms with Gasteiger partial charge in [0.2, 0.25) is 0 Å². The van der Waals surface area contributed by atoms with E-state index in [0.717, 1.165) is 0 Å². The van der Waals surface area contributed by atoms with Crippen LogP contribution in [0.5, 0.6) is 0 Å². The van der Waals surface area contributed by atoms with Crippen molar-refractivity contribution < 1.29 is 51.3 Å². The van der Waals surface area contributed by atoms with E-state index in [2.05, 4.69) is 42.2 Å². The normalized spacial score (nSPS) is 37.1. The third-order valence-electron chi connectivity index (χ3n) is 7.46. The quantitative estimate of drug-likeness (QED) is 0.108. The molecule has 0 aliphatic carbocycles. The Hall–Kier alpha value is -2.50. The smallest absolute Gasteiger partial charge is 0.382 e. The van der Waals surface area contributed by atoms with E-state index < -0.39 is 82.7 Å². The molecule has 0 spiro atoms. The summed E-state index contributed by atoms with van der Waals surface area (Å²) in [5.41, 5.74) is 12.6. The van der Waals surface area contributed by atoms with Gasteiger partial charge in [-0.3, -0.25) is 22.7 Å². The van der Waals surface area contributed by atoms with Gasteiger partial charge in [-0.05, 0) is 11.8 Å². The van der Waals surface area contributed by atoms with Crippen LogP contribution in [0.3, 0.4) is 0 Å². The molecule has 3 unspecified atom stereocenters. The Labute approximate surface area is 267 Å². The molecular weight excluding hydrogens is 697 g/mol. The maximum absolute atomic E-state index is 16.1. The monoisotopic (exact) mass is 722 g/mol. The molecule has 3 fully saturated rings. The van der Waals surface area contributed by atoms with Gasteiger partial charge in [-0.15, -0.1) is 0 Å². The Morgan fingerprint density at radius 2 is 1.50 bits per heavy atom. The number of nitrogens with zero attached hydrogens (tertiary/aromatic N) is 8. The van der Waals surface area contributed by atoms with Crippen molar-refractivity contribution in [3.63, 3.8) is 0 Å². The van der Waals surface area contributed by atoms with Crippen LogP contribution >= 0.6 is 25.8 Å². The Kier molecular flexibility index (Phi) is 8.50. The van der Waals surface area contributed by atoms with E-state index in [1.54, 1.807) is 0 Å². The molecule has 4 aromatic rings. The number of hydrogen-bond acceptors (Lipinski definition) is 18. The fourth-order valence-electron chi connectivity index (χ4n) is 5.45. The van der Waals surface area contributed by atoms with Crippen molar-refractivity contribution in [3.8, 4) is 0 Å². The molecule has 0 radical (unpaired) electrons. The van der Waals surface area contributed by atoms with Gasteiger partial charge in [0.05, 0.1) is 25.9 Å². The highest BCUT2D eigenvalue weighted by Gasteiger charge is 2.54. The maximum Gasteiger partial charge on any atom is 0.386 e. The highest BCUT2D eigenvalue weighted by Crippen LogP contribution is 2.58. The van der Waals surface area contributed by atoms with Crippen LogP contribution < -0.4 is 11.5 Å². The number of nitrogens with two attached hydrogens (primary N) is 2. The number of ether oxygens (including phenoxy) is 3. The first-order chi connectivity index (χ1) is 22.0. The zero-order valence-corrected chi connectivity index (χ0v) is 26.6. The molecule has 10 atom stereocenters. The lowest BCUT2D eigenvalue weighted by Crippen LogP contribution is -2.39. The van der Waals surface area contributed by atoms with E-state index in [-0.39, 0.29) is 34.0 Å². The van der Waals surface area contributed by atoms with Crippen LogP contribution in [0.25, 0.3) is 22.3 Å². The van der Waals surface area contributed by atoms with Crippen LogP contribution in [0.2, 0.25) is 0 Å². The fourth-order valence-corrected chi connectivity index (χ4v) is 8.37.